The van der Waals surface area contributed by atoms with Crippen LogP contribution in [0.3, 0.4) is 0 Å². The molecule has 4 nitrogen and oxygen atoms in total. The maximum absolute atomic E-state index is 5.80. The molecular weight excluding hydrogens is 250 g/mol. The third-order valence-electron chi connectivity index (χ3n) is 3.24. The molecule has 0 fully saturated rings. The summed E-state index contributed by atoms with van der Waals surface area (Å²) in [6.45, 7) is 6.85. The summed E-state index contributed by atoms with van der Waals surface area (Å²) in [5, 5.41) is 3.49. The van der Waals surface area contributed by atoms with E-state index in [4.69, 9.17) is 4.74 Å². The number of rotatable bonds is 8. The van der Waals surface area contributed by atoms with Crippen LogP contribution in [0.5, 0.6) is 5.75 Å². The number of benzene rings is 1. The van der Waals surface area contributed by atoms with Crippen molar-refractivity contribution in [2.45, 2.75) is 32.9 Å². The second-order valence-electron chi connectivity index (χ2n) is 4.90. The molecule has 0 aliphatic heterocycles. The van der Waals surface area contributed by atoms with Gasteiger partial charge in [0.1, 0.15) is 12.4 Å². The highest BCUT2D eigenvalue weighted by atomic mass is 16.5. The number of imidazole rings is 1. The van der Waals surface area contributed by atoms with Gasteiger partial charge in [0.2, 0.25) is 0 Å². The monoisotopic (exact) mass is 273 g/mol. The smallest absolute Gasteiger partial charge is 0.119 e. The fourth-order valence-electron chi connectivity index (χ4n) is 2.04. The number of nitrogens with zero attached hydrogens (tertiary/aromatic N) is 2. The molecule has 1 heterocycles. The first-order valence-electron chi connectivity index (χ1n) is 7.21. The molecule has 2 aromatic rings. The third-order valence-corrected chi connectivity index (χ3v) is 3.24. The first kappa shape index (κ1) is 14.6. The third kappa shape index (κ3) is 4.38. The SMILES string of the molecule is CCCNC(C)c1cccc(OCCn2ccnc2)c1. The summed E-state index contributed by atoms with van der Waals surface area (Å²) < 4.78 is 7.81. The highest BCUT2D eigenvalue weighted by Crippen LogP contribution is 2.19. The lowest BCUT2D eigenvalue weighted by Gasteiger charge is -2.15. The van der Waals surface area contributed by atoms with E-state index in [1.165, 1.54) is 5.56 Å². The van der Waals surface area contributed by atoms with Crippen LogP contribution in [0.2, 0.25) is 0 Å². The van der Waals surface area contributed by atoms with Crippen LogP contribution < -0.4 is 10.1 Å². The molecule has 0 spiro atoms. The van der Waals surface area contributed by atoms with Crippen molar-refractivity contribution < 1.29 is 4.74 Å². The van der Waals surface area contributed by atoms with Gasteiger partial charge < -0.3 is 14.6 Å². The molecule has 0 saturated heterocycles. The van der Waals surface area contributed by atoms with E-state index in [2.05, 4.69) is 36.3 Å². The van der Waals surface area contributed by atoms with E-state index < -0.39 is 0 Å². The maximum atomic E-state index is 5.80. The number of hydrogen-bond donors (Lipinski definition) is 1. The summed E-state index contributed by atoms with van der Waals surface area (Å²) in [4.78, 5) is 4.01. The number of hydrogen-bond acceptors (Lipinski definition) is 3. The van der Waals surface area contributed by atoms with E-state index in [0.29, 0.717) is 12.6 Å². The largest absolute Gasteiger partial charge is 0.492 e. The van der Waals surface area contributed by atoms with Crippen molar-refractivity contribution in [2.24, 2.45) is 0 Å². The predicted octanol–water partition coefficient (Wildman–Crippen LogP) is 3.02. The first-order valence-corrected chi connectivity index (χ1v) is 7.21. The summed E-state index contributed by atoms with van der Waals surface area (Å²) in [6.07, 6.45) is 6.67. The molecule has 0 amide bonds. The molecule has 1 unspecified atom stereocenters. The van der Waals surface area contributed by atoms with E-state index in [9.17, 15) is 0 Å². The molecule has 0 radical (unpaired) electrons. The van der Waals surface area contributed by atoms with Crippen molar-refractivity contribution in [1.29, 1.82) is 0 Å². The second-order valence-corrected chi connectivity index (χ2v) is 4.90. The van der Waals surface area contributed by atoms with Crippen LogP contribution >= 0.6 is 0 Å². The van der Waals surface area contributed by atoms with Crippen molar-refractivity contribution in [3.05, 3.63) is 48.5 Å². The number of aromatic nitrogens is 2. The minimum Gasteiger partial charge on any atom is -0.492 e. The van der Waals surface area contributed by atoms with Crippen LogP contribution in [0.1, 0.15) is 31.9 Å². The van der Waals surface area contributed by atoms with Gasteiger partial charge in [-0.3, -0.25) is 0 Å². The quantitative estimate of drug-likeness (QED) is 0.803. The van der Waals surface area contributed by atoms with Gasteiger partial charge in [0, 0.05) is 18.4 Å². The molecule has 2 rings (SSSR count). The Labute approximate surface area is 120 Å². The van der Waals surface area contributed by atoms with E-state index in [0.717, 1.165) is 25.3 Å². The summed E-state index contributed by atoms with van der Waals surface area (Å²) in [5.41, 5.74) is 1.26. The van der Waals surface area contributed by atoms with Crippen LogP contribution in [0.4, 0.5) is 0 Å². The van der Waals surface area contributed by atoms with Gasteiger partial charge >= 0.3 is 0 Å². The van der Waals surface area contributed by atoms with Crippen molar-refractivity contribution in [3.63, 3.8) is 0 Å². The van der Waals surface area contributed by atoms with Gasteiger partial charge in [-0.2, -0.15) is 0 Å². The van der Waals surface area contributed by atoms with Gasteiger partial charge in [0.05, 0.1) is 12.9 Å². The summed E-state index contributed by atoms with van der Waals surface area (Å²) >= 11 is 0. The molecule has 4 heteroatoms. The van der Waals surface area contributed by atoms with E-state index in [1.54, 1.807) is 12.5 Å². The number of ether oxygens (including phenoxy) is 1. The Morgan fingerprint density at radius 1 is 1.40 bits per heavy atom. The summed E-state index contributed by atoms with van der Waals surface area (Å²) in [7, 11) is 0. The molecule has 0 saturated carbocycles. The summed E-state index contributed by atoms with van der Waals surface area (Å²) in [6, 6.07) is 8.65. The fraction of sp³-hybridized carbons (Fsp3) is 0.438. The molecule has 1 aromatic heterocycles. The van der Waals surface area contributed by atoms with Gasteiger partial charge in [-0.25, -0.2) is 4.98 Å². The van der Waals surface area contributed by atoms with Gasteiger partial charge in [0.15, 0.2) is 0 Å². The highest BCUT2D eigenvalue weighted by molar-refractivity contribution is 5.30. The molecule has 108 valence electrons. The van der Waals surface area contributed by atoms with Gasteiger partial charge in [-0.1, -0.05) is 19.1 Å². The van der Waals surface area contributed by atoms with Crippen molar-refractivity contribution in [1.82, 2.24) is 14.9 Å². The molecule has 0 aliphatic carbocycles. The van der Waals surface area contributed by atoms with Crippen LogP contribution in [0, 0.1) is 0 Å². The van der Waals surface area contributed by atoms with E-state index >= 15 is 0 Å². The van der Waals surface area contributed by atoms with Crippen molar-refractivity contribution in [2.75, 3.05) is 13.2 Å². The average Bonchev–Trinajstić information content (AvgIpc) is 2.98. The lowest BCUT2D eigenvalue weighted by atomic mass is 10.1. The lowest BCUT2D eigenvalue weighted by Crippen LogP contribution is -2.19. The second kappa shape index (κ2) is 7.70. The molecule has 1 atom stereocenters. The van der Waals surface area contributed by atoms with Crippen LogP contribution in [-0.2, 0) is 6.54 Å². The van der Waals surface area contributed by atoms with E-state index in [-0.39, 0.29) is 0 Å². The Balaban J connectivity index is 1.85. The average molecular weight is 273 g/mol. The van der Waals surface area contributed by atoms with Crippen molar-refractivity contribution in [3.8, 4) is 5.75 Å². The molecule has 1 N–H and O–H groups in total. The Morgan fingerprint density at radius 2 is 2.30 bits per heavy atom. The molecule has 0 aliphatic rings. The van der Waals surface area contributed by atoms with Crippen LogP contribution in [-0.4, -0.2) is 22.7 Å². The zero-order valence-electron chi connectivity index (χ0n) is 12.2. The molecule has 20 heavy (non-hydrogen) atoms. The Bertz CT molecular complexity index is 496. The van der Waals surface area contributed by atoms with Crippen LogP contribution in [0.15, 0.2) is 43.0 Å². The normalized spacial score (nSPS) is 12.3. The van der Waals surface area contributed by atoms with Crippen molar-refractivity contribution >= 4 is 0 Å². The molecule has 1 aromatic carbocycles. The van der Waals surface area contributed by atoms with Gasteiger partial charge in [0.25, 0.3) is 0 Å². The zero-order valence-corrected chi connectivity index (χ0v) is 12.2. The molecule has 0 bridgehead atoms. The standard InChI is InChI=1S/C16H23N3O/c1-3-7-18-14(2)15-5-4-6-16(12-15)20-11-10-19-9-8-17-13-19/h4-6,8-9,12-14,18H,3,7,10-11H2,1-2H3. The van der Waals surface area contributed by atoms with E-state index in [1.807, 2.05) is 22.9 Å². The number of nitrogens with one attached hydrogen (secondary N) is 1. The van der Waals surface area contributed by atoms with Crippen LogP contribution in [0.25, 0.3) is 0 Å². The highest BCUT2D eigenvalue weighted by Gasteiger charge is 2.05. The minimum absolute atomic E-state index is 0.354. The zero-order chi connectivity index (χ0) is 14.2. The Morgan fingerprint density at radius 3 is 3.05 bits per heavy atom. The predicted molar refractivity (Wildman–Crippen MR) is 80.9 cm³/mol. The van der Waals surface area contributed by atoms with Gasteiger partial charge in [-0.05, 0) is 37.6 Å². The Hall–Kier alpha value is -1.81. The lowest BCUT2D eigenvalue weighted by molar-refractivity contribution is 0.297. The minimum atomic E-state index is 0.354. The first-order chi connectivity index (χ1) is 9.79. The molecular formula is C16H23N3O. The summed E-state index contributed by atoms with van der Waals surface area (Å²) in [5.74, 6) is 0.924. The topological polar surface area (TPSA) is 39.1 Å². The maximum Gasteiger partial charge on any atom is 0.119 e. The Kier molecular flexibility index (Phi) is 5.62. The fourth-order valence-corrected chi connectivity index (χ4v) is 2.04. The van der Waals surface area contributed by atoms with Gasteiger partial charge in [-0.15, -0.1) is 0 Å².